The number of nitrogens with zero attached hydrogens (tertiary/aromatic N) is 2. The van der Waals surface area contributed by atoms with Crippen LogP contribution in [0.3, 0.4) is 0 Å². The number of nitrogens with one attached hydrogen (secondary N) is 1. The predicted octanol–water partition coefficient (Wildman–Crippen LogP) is 4.77. The number of likely N-dealkylation sites (tertiary alicyclic amines) is 1. The zero-order valence-corrected chi connectivity index (χ0v) is 20.4. The van der Waals surface area contributed by atoms with Crippen LogP contribution in [0.1, 0.15) is 54.8 Å². The summed E-state index contributed by atoms with van der Waals surface area (Å²) in [5.41, 5.74) is 3.58. The van der Waals surface area contributed by atoms with Crippen LogP contribution in [0.5, 0.6) is 0 Å². The van der Waals surface area contributed by atoms with Crippen LogP contribution in [0.15, 0.2) is 85.2 Å². The van der Waals surface area contributed by atoms with E-state index in [9.17, 15) is 9.90 Å². The fourth-order valence-electron chi connectivity index (χ4n) is 5.11. The maximum absolute atomic E-state index is 12.2. The van der Waals surface area contributed by atoms with Crippen LogP contribution >= 0.6 is 0 Å². The van der Waals surface area contributed by atoms with Crippen molar-refractivity contribution in [2.75, 3.05) is 19.6 Å². The summed E-state index contributed by atoms with van der Waals surface area (Å²) >= 11 is 0. The monoisotopic (exact) mass is 471 g/mol. The minimum Gasteiger partial charge on any atom is -0.383 e. The van der Waals surface area contributed by atoms with Gasteiger partial charge >= 0.3 is 0 Å². The second kappa shape index (κ2) is 13.2. The Morgan fingerprint density at radius 2 is 1.60 bits per heavy atom. The molecule has 0 spiro atoms. The zero-order chi connectivity index (χ0) is 24.3. The van der Waals surface area contributed by atoms with Gasteiger partial charge in [-0.1, -0.05) is 79.6 Å². The molecule has 1 aromatic heterocycles. The first-order valence-corrected chi connectivity index (χ1v) is 12.9. The van der Waals surface area contributed by atoms with E-state index in [1.54, 1.807) is 12.4 Å². The van der Waals surface area contributed by atoms with Gasteiger partial charge in [0.1, 0.15) is 6.10 Å². The number of aliphatic hydroxyl groups excluding tert-OH is 1. The number of hydrogen-bond donors (Lipinski definition) is 2. The summed E-state index contributed by atoms with van der Waals surface area (Å²) < 4.78 is 0. The molecule has 1 saturated heterocycles. The molecule has 184 valence electrons. The molecule has 0 saturated carbocycles. The van der Waals surface area contributed by atoms with Gasteiger partial charge < -0.3 is 10.4 Å². The summed E-state index contributed by atoms with van der Waals surface area (Å²) in [5.74, 6) is 0.445. The lowest BCUT2D eigenvalue weighted by atomic mass is 9.88. The smallest absolute Gasteiger partial charge is 0.249 e. The van der Waals surface area contributed by atoms with Crippen molar-refractivity contribution in [2.24, 2.45) is 5.92 Å². The van der Waals surface area contributed by atoms with Gasteiger partial charge in [0.2, 0.25) is 5.91 Å². The molecule has 35 heavy (non-hydrogen) atoms. The summed E-state index contributed by atoms with van der Waals surface area (Å²) in [7, 11) is 0. The van der Waals surface area contributed by atoms with Gasteiger partial charge in [0.25, 0.3) is 0 Å². The molecule has 1 amide bonds. The van der Waals surface area contributed by atoms with E-state index in [-0.39, 0.29) is 5.91 Å². The molecule has 5 heteroatoms. The highest BCUT2D eigenvalue weighted by Gasteiger charge is 2.27. The molecule has 1 unspecified atom stereocenters. The van der Waals surface area contributed by atoms with Gasteiger partial charge in [-0.3, -0.25) is 14.7 Å². The normalized spacial score (nSPS) is 15.7. The molecule has 1 aliphatic rings. The van der Waals surface area contributed by atoms with Crippen LogP contribution in [0.25, 0.3) is 0 Å². The lowest BCUT2D eigenvalue weighted by molar-refractivity contribution is -0.129. The highest BCUT2D eigenvalue weighted by molar-refractivity contribution is 5.80. The molecule has 1 fully saturated rings. The van der Waals surface area contributed by atoms with E-state index < -0.39 is 6.10 Å². The summed E-state index contributed by atoms with van der Waals surface area (Å²) in [5, 5.41) is 13.0. The molecule has 0 radical (unpaired) electrons. The summed E-state index contributed by atoms with van der Waals surface area (Å²) in [6, 6.07) is 25.7. The van der Waals surface area contributed by atoms with Crippen LogP contribution < -0.4 is 5.32 Å². The van der Waals surface area contributed by atoms with Crippen LogP contribution in [0.4, 0.5) is 0 Å². The number of amides is 1. The number of aromatic nitrogens is 1. The Kier molecular flexibility index (Phi) is 9.44. The molecular formula is C30H37N3O2. The number of rotatable bonds is 11. The highest BCUT2D eigenvalue weighted by Crippen LogP contribution is 2.33. The van der Waals surface area contributed by atoms with Crippen molar-refractivity contribution in [1.29, 1.82) is 0 Å². The van der Waals surface area contributed by atoms with E-state index in [1.165, 1.54) is 30.4 Å². The van der Waals surface area contributed by atoms with Gasteiger partial charge in [-0.2, -0.15) is 0 Å². The Balaban J connectivity index is 1.17. The van der Waals surface area contributed by atoms with E-state index in [2.05, 4.69) is 75.9 Å². The van der Waals surface area contributed by atoms with Crippen molar-refractivity contribution in [3.05, 3.63) is 102 Å². The lowest BCUT2D eigenvalue weighted by Crippen LogP contribution is -2.37. The minimum atomic E-state index is -1.02. The minimum absolute atomic E-state index is 0.296. The van der Waals surface area contributed by atoms with Crippen molar-refractivity contribution >= 4 is 5.91 Å². The van der Waals surface area contributed by atoms with Crippen LogP contribution in [0.2, 0.25) is 0 Å². The van der Waals surface area contributed by atoms with Gasteiger partial charge in [-0.05, 0) is 61.0 Å². The second-order valence-corrected chi connectivity index (χ2v) is 9.57. The average molecular weight is 472 g/mol. The molecule has 3 aromatic rings. The maximum atomic E-state index is 12.2. The van der Waals surface area contributed by atoms with Crippen molar-refractivity contribution in [2.45, 2.75) is 50.7 Å². The Hall–Kier alpha value is -3.02. The molecule has 2 heterocycles. The first kappa shape index (κ1) is 25.1. The van der Waals surface area contributed by atoms with Crippen LogP contribution in [-0.4, -0.2) is 46.6 Å². The van der Waals surface area contributed by atoms with Gasteiger partial charge in [-0.25, -0.2) is 0 Å². The van der Waals surface area contributed by atoms with Crippen molar-refractivity contribution in [1.82, 2.24) is 15.2 Å². The molecule has 0 aliphatic carbocycles. The quantitative estimate of drug-likeness (QED) is 0.395. The van der Waals surface area contributed by atoms with Crippen molar-refractivity contribution < 1.29 is 9.90 Å². The Morgan fingerprint density at radius 1 is 0.943 bits per heavy atom. The number of benzene rings is 2. The van der Waals surface area contributed by atoms with Gasteiger partial charge in [0.15, 0.2) is 0 Å². The number of aliphatic hydroxyl groups is 1. The number of pyridine rings is 1. The summed E-state index contributed by atoms with van der Waals surface area (Å²) in [6.45, 7) is 2.83. The standard InChI is InChI=1S/C30H37N3O2/c34-28(22-25-11-9-18-31-23-25)30(35)32-19-8-7-10-24-16-20-33(21-17-24)29(26-12-3-1-4-13-26)27-14-5-2-6-15-27/h1-6,9,11-15,18,23-24,28-29,34H,7-8,10,16-17,19-22H2,(H,32,35). The van der Waals surface area contributed by atoms with Crippen LogP contribution in [0, 0.1) is 5.92 Å². The van der Waals surface area contributed by atoms with Crippen molar-refractivity contribution in [3.63, 3.8) is 0 Å². The molecule has 5 nitrogen and oxygen atoms in total. The molecule has 1 aliphatic heterocycles. The first-order valence-electron chi connectivity index (χ1n) is 12.9. The largest absolute Gasteiger partial charge is 0.383 e. The Morgan fingerprint density at radius 3 is 2.20 bits per heavy atom. The predicted molar refractivity (Wildman–Crippen MR) is 140 cm³/mol. The molecule has 2 N–H and O–H groups in total. The third kappa shape index (κ3) is 7.48. The number of piperidine rings is 1. The second-order valence-electron chi connectivity index (χ2n) is 9.57. The third-order valence-electron chi connectivity index (χ3n) is 7.04. The molecule has 1 atom stereocenters. The van der Waals surface area contributed by atoms with E-state index >= 15 is 0 Å². The SMILES string of the molecule is O=C(NCCCCC1CCN(C(c2ccccc2)c2ccccc2)CC1)C(O)Cc1cccnc1. The molecule has 2 aromatic carbocycles. The zero-order valence-electron chi connectivity index (χ0n) is 20.4. The third-order valence-corrected chi connectivity index (χ3v) is 7.04. The first-order chi connectivity index (χ1) is 17.2. The molecular weight excluding hydrogens is 434 g/mol. The number of carbonyl (C=O) groups excluding carboxylic acids is 1. The van der Waals surface area contributed by atoms with E-state index in [1.807, 2.05) is 12.1 Å². The maximum Gasteiger partial charge on any atom is 0.249 e. The van der Waals surface area contributed by atoms with Crippen molar-refractivity contribution in [3.8, 4) is 0 Å². The fraction of sp³-hybridized carbons (Fsp3) is 0.400. The number of hydrogen-bond acceptors (Lipinski definition) is 4. The van der Waals surface area contributed by atoms with E-state index in [0.717, 1.165) is 37.4 Å². The molecule has 4 rings (SSSR count). The van der Waals surface area contributed by atoms with Gasteiger partial charge in [0, 0.05) is 25.4 Å². The summed E-state index contributed by atoms with van der Waals surface area (Å²) in [4.78, 5) is 18.8. The fourth-order valence-corrected chi connectivity index (χ4v) is 5.11. The van der Waals surface area contributed by atoms with Gasteiger partial charge in [-0.15, -0.1) is 0 Å². The van der Waals surface area contributed by atoms with Crippen LogP contribution in [-0.2, 0) is 11.2 Å². The highest BCUT2D eigenvalue weighted by atomic mass is 16.3. The average Bonchev–Trinajstić information content (AvgIpc) is 2.91. The van der Waals surface area contributed by atoms with E-state index in [0.29, 0.717) is 19.0 Å². The molecule has 0 bridgehead atoms. The van der Waals surface area contributed by atoms with E-state index in [4.69, 9.17) is 0 Å². The summed E-state index contributed by atoms with van der Waals surface area (Å²) in [6.07, 6.45) is 8.32. The Labute approximate surface area is 209 Å². The number of carbonyl (C=O) groups is 1. The lowest BCUT2D eigenvalue weighted by Gasteiger charge is -2.38. The van der Waals surface area contributed by atoms with Gasteiger partial charge in [0.05, 0.1) is 6.04 Å². The topological polar surface area (TPSA) is 65.5 Å². The Bertz CT molecular complexity index is 966. The number of unbranched alkanes of at least 4 members (excludes halogenated alkanes) is 1.